The molecule has 25 heavy (non-hydrogen) atoms. The lowest BCUT2D eigenvalue weighted by atomic mass is 10.1. The molecule has 0 atom stereocenters. The smallest absolute Gasteiger partial charge is 0.265 e. The number of benzene rings is 1. The van der Waals surface area contributed by atoms with Crippen molar-refractivity contribution in [3.63, 3.8) is 0 Å². The van der Waals surface area contributed by atoms with E-state index in [9.17, 15) is 14.4 Å². The molecule has 0 aliphatic rings. The first-order chi connectivity index (χ1) is 11.9. The van der Waals surface area contributed by atoms with E-state index in [0.717, 1.165) is 0 Å². The van der Waals surface area contributed by atoms with Crippen LogP contribution in [0.3, 0.4) is 0 Å². The van der Waals surface area contributed by atoms with Gasteiger partial charge in [0.2, 0.25) is 5.91 Å². The van der Waals surface area contributed by atoms with Gasteiger partial charge in [-0.1, -0.05) is 17.7 Å². The molecule has 0 fully saturated rings. The highest BCUT2D eigenvalue weighted by atomic mass is 35.5. The number of halogens is 1. The van der Waals surface area contributed by atoms with Gasteiger partial charge in [-0.05, 0) is 43.5 Å². The van der Waals surface area contributed by atoms with Crippen LogP contribution in [-0.4, -0.2) is 30.3 Å². The van der Waals surface area contributed by atoms with E-state index < -0.39 is 5.91 Å². The van der Waals surface area contributed by atoms with Crippen LogP contribution in [0.15, 0.2) is 35.7 Å². The summed E-state index contributed by atoms with van der Waals surface area (Å²) in [6.45, 7) is 3.51. The van der Waals surface area contributed by atoms with E-state index in [2.05, 4.69) is 16.0 Å². The number of carbonyl (C=O) groups is 3. The quantitative estimate of drug-likeness (QED) is 0.721. The summed E-state index contributed by atoms with van der Waals surface area (Å²) in [6.07, 6.45) is 0. The number of thiophene rings is 1. The monoisotopic (exact) mass is 379 g/mol. The minimum Gasteiger partial charge on any atom is -0.352 e. The van der Waals surface area contributed by atoms with E-state index in [1.165, 1.54) is 23.5 Å². The lowest BCUT2D eigenvalue weighted by molar-refractivity contribution is -0.120. The van der Waals surface area contributed by atoms with Crippen LogP contribution >= 0.6 is 22.9 Å². The maximum atomic E-state index is 12.4. The van der Waals surface area contributed by atoms with Gasteiger partial charge in [-0.2, -0.15) is 0 Å². The molecule has 0 aliphatic carbocycles. The summed E-state index contributed by atoms with van der Waals surface area (Å²) >= 11 is 7.26. The number of carbonyl (C=O) groups excluding carboxylic acids is 3. The van der Waals surface area contributed by atoms with Crippen LogP contribution in [0.25, 0.3) is 0 Å². The first-order valence-electron chi connectivity index (χ1n) is 7.59. The minimum absolute atomic E-state index is 0.0134. The standard InChI is InChI=1S/C17H18ClN3O3S/c1-10(2)20-15(22)9-19-16(23)12-6-5-11(18)8-13(12)21-17(24)14-4-3-7-25-14/h3-8,10H,9H2,1-2H3,(H,19,23)(H,20,22)(H,21,24). The van der Waals surface area contributed by atoms with E-state index in [0.29, 0.717) is 9.90 Å². The zero-order valence-corrected chi connectivity index (χ0v) is 15.3. The van der Waals surface area contributed by atoms with Gasteiger partial charge in [0.1, 0.15) is 0 Å². The van der Waals surface area contributed by atoms with Crippen LogP contribution in [0.2, 0.25) is 5.02 Å². The van der Waals surface area contributed by atoms with Crippen LogP contribution in [-0.2, 0) is 4.79 Å². The van der Waals surface area contributed by atoms with Gasteiger partial charge in [-0.3, -0.25) is 14.4 Å². The van der Waals surface area contributed by atoms with Crippen molar-refractivity contribution in [1.82, 2.24) is 10.6 Å². The number of anilines is 1. The molecule has 0 aliphatic heterocycles. The molecular formula is C17H18ClN3O3S. The molecule has 1 aromatic carbocycles. The highest BCUT2D eigenvalue weighted by Crippen LogP contribution is 2.22. The molecule has 3 N–H and O–H groups in total. The van der Waals surface area contributed by atoms with E-state index in [1.54, 1.807) is 23.6 Å². The van der Waals surface area contributed by atoms with Crippen LogP contribution in [0, 0.1) is 0 Å². The van der Waals surface area contributed by atoms with Crippen molar-refractivity contribution in [2.75, 3.05) is 11.9 Å². The van der Waals surface area contributed by atoms with Crippen molar-refractivity contribution in [2.45, 2.75) is 19.9 Å². The fraction of sp³-hybridized carbons (Fsp3) is 0.235. The van der Waals surface area contributed by atoms with Gasteiger partial charge in [0, 0.05) is 11.1 Å². The number of nitrogens with one attached hydrogen (secondary N) is 3. The summed E-state index contributed by atoms with van der Waals surface area (Å²) in [5.41, 5.74) is 0.513. The highest BCUT2D eigenvalue weighted by Gasteiger charge is 2.16. The molecule has 6 nitrogen and oxygen atoms in total. The van der Waals surface area contributed by atoms with Crippen molar-refractivity contribution in [3.05, 3.63) is 51.2 Å². The molecule has 1 heterocycles. The first-order valence-corrected chi connectivity index (χ1v) is 8.84. The Hall–Kier alpha value is -2.38. The van der Waals surface area contributed by atoms with E-state index in [4.69, 9.17) is 11.6 Å². The molecule has 2 rings (SSSR count). The minimum atomic E-state index is -0.475. The fourth-order valence-electron chi connectivity index (χ4n) is 2.04. The van der Waals surface area contributed by atoms with Crippen LogP contribution < -0.4 is 16.0 Å². The Morgan fingerprint density at radius 1 is 1.16 bits per heavy atom. The Morgan fingerprint density at radius 3 is 2.56 bits per heavy atom. The molecule has 2 aromatic rings. The maximum Gasteiger partial charge on any atom is 0.265 e. The van der Waals surface area contributed by atoms with Gasteiger partial charge in [-0.25, -0.2) is 0 Å². The molecule has 0 bridgehead atoms. The van der Waals surface area contributed by atoms with E-state index >= 15 is 0 Å². The van der Waals surface area contributed by atoms with Gasteiger partial charge in [0.25, 0.3) is 11.8 Å². The second-order valence-electron chi connectivity index (χ2n) is 5.53. The molecule has 0 saturated carbocycles. The third-order valence-corrected chi connectivity index (χ3v) is 4.18. The van der Waals surface area contributed by atoms with Crippen molar-refractivity contribution in [3.8, 4) is 0 Å². The predicted octanol–water partition coefficient (Wildman–Crippen LogP) is 2.91. The number of rotatable bonds is 6. The van der Waals surface area contributed by atoms with Crippen molar-refractivity contribution >= 4 is 46.3 Å². The Morgan fingerprint density at radius 2 is 1.92 bits per heavy atom. The van der Waals surface area contributed by atoms with Crippen molar-refractivity contribution in [1.29, 1.82) is 0 Å². The normalized spacial score (nSPS) is 10.4. The molecule has 1 aromatic heterocycles. The molecular weight excluding hydrogens is 362 g/mol. The molecule has 132 valence electrons. The van der Waals surface area contributed by atoms with Gasteiger partial charge < -0.3 is 16.0 Å². The Kier molecular flexibility index (Phi) is 6.55. The topological polar surface area (TPSA) is 87.3 Å². The summed E-state index contributed by atoms with van der Waals surface area (Å²) in [5.74, 6) is -1.09. The SMILES string of the molecule is CC(C)NC(=O)CNC(=O)c1ccc(Cl)cc1NC(=O)c1cccs1. The summed E-state index contributed by atoms with van der Waals surface area (Å²) in [6, 6.07) is 7.98. The molecule has 0 spiro atoms. The summed E-state index contributed by atoms with van der Waals surface area (Å²) in [7, 11) is 0. The molecule has 0 unspecified atom stereocenters. The highest BCUT2D eigenvalue weighted by molar-refractivity contribution is 7.12. The zero-order chi connectivity index (χ0) is 18.4. The Bertz CT molecular complexity index is 775. The number of amides is 3. The number of hydrogen-bond acceptors (Lipinski definition) is 4. The average molecular weight is 380 g/mol. The Labute approximate surface area is 154 Å². The van der Waals surface area contributed by atoms with Gasteiger partial charge in [0.05, 0.1) is 22.7 Å². The van der Waals surface area contributed by atoms with Crippen molar-refractivity contribution < 1.29 is 14.4 Å². The molecule has 0 radical (unpaired) electrons. The van der Waals surface area contributed by atoms with Crippen LogP contribution in [0.5, 0.6) is 0 Å². The van der Waals surface area contributed by atoms with Gasteiger partial charge in [-0.15, -0.1) is 11.3 Å². The second-order valence-corrected chi connectivity index (χ2v) is 6.91. The third-order valence-electron chi connectivity index (χ3n) is 3.08. The first kappa shape index (κ1) is 19.0. The second kappa shape index (κ2) is 8.64. The summed E-state index contributed by atoms with van der Waals surface area (Å²) in [5, 5.41) is 10.1. The lowest BCUT2D eigenvalue weighted by Crippen LogP contribution is -2.40. The van der Waals surface area contributed by atoms with Crippen molar-refractivity contribution in [2.24, 2.45) is 0 Å². The van der Waals surface area contributed by atoms with Gasteiger partial charge in [0.15, 0.2) is 0 Å². The zero-order valence-electron chi connectivity index (χ0n) is 13.8. The van der Waals surface area contributed by atoms with E-state index in [1.807, 2.05) is 13.8 Å². The molecule has 8 heteroatoms. The Balaban J connectivity index is 2.10. The fourth-order valence-corrected chi connectivity index (χ4v) is 2.83. The predicted molar refractivity (Wildman–Crippen MR) is 99.3 cm³/mol. The third kappa shape index (κ3) is 5.58. The molecule has 3 amide bonds. The molecule has 0 saturated heterocycles. The maximum absolute atomic E-state index is 12.4. The summed E-state index contributed by atoms with van der Waals surface area (Å²) in [4.78, 5) is 36.7. The largest absolute Gasteiger partial charge is 0.352 e. The lowest BCUT2D eigenvalue weighted by Gasteiger charge is -2.12. The average Bonchev–Trinajstić information content (AvgIpc) is 3.06. The van der Waals surface area contributed by atoms with E-state index in [-0.39, 0.29) is 35.7 Å². The van der Waals surface area contributed by atoms with Gasteiger partial charge >= 0.3 is 0 Å². The number of hydrogen-bond donors (Lipinski definition) is 3. The van der Waals surface area contributed by atoms with Crippen LogP contribution in [0.4, 0.5) is 5.69 Å². The van der Waals surface area contributed by atoms with Crippen LogP contribution in [0.1, 0.15) is 33.9 Å². The summed E-state index contributed by atoms with van der Waals surface area (Å²) < 4.78 is 0.